The first-order valence-electron chi connectivity index (χ1n) is 7.83. The summed E-state index contributed by atoms with van der Waals surface area (Å²) in [6.07, 6.45) is 7.28. The van der Waals surface area contributed by atoms with Crippen molar-refractivity contribution >= 4 is 5.69 Å². The second kappa shape index (κ2) is 6.42. The Morgan fingerprint density at radius 3 is 2.47 bits per heavy atom. The normalized spacial score (nSPS) is 15.4. The lowest BCUT2D eigenvalue weighted by atomic mass is 9.84. The first-order chi connectivity index (χ1) is 9.27. The number of rotatable bonds is 6. The molecular weight excluding hydrogens is 232 g/mol. The van der Waals surface area contributed by atoms with Gasteiger partial charge in [-0.3, -0.25) is 0 Å². The van der Waals surface area contributed by atoms with E-state index in [-0.39, 0.29) is 5.54 Å². The van der Waals surface area contributed by atoms with Crippen LogP contribution in [0.1, 0.15) is 51.5 Å². The number of nitrogens with zero attached hydrogens (tertiary/aromatic N) is 1. The Kier molecular flexibility index (Phi) is 4.87. The van der Waals surface area contributed by atoms with Gasteiger partial charge in [-0.2, -0.15) is 0 Å². The molecule has 0 aromatic heterocycles. The van der Waals surface area contributed by atoms with Crippen molar-refractivity contribution in [2.45, 2.75) is 57.9 Å². The molecule has 0 saturated heterocycles. The zero-order valence-electron chi connectivity index (χ0n) is 12.5. The molecule has 0 unspecified atom stereocenters. The fourth-order valence-corrected chi connectivity index (χ4v) is 3.67. The molecule has 0 radical (unpaired) electrons. The van der Waals surface area contributed by atoms with Gasteiger partial charge in [-0.1, -0.05) is 44.9 Å². The lowest BCUT2D eigenvalue weighted by Crippen LogP contribution is -2.55. The monoisotopic (exact) mass is 260 g/mol. The van der Waals surface area contributed by atoms with E-state index in [9.17, 15) is 0 Å². The zero-order chi connectivity index (χ0) is 13.7. The summed E-state index contributed by atoms with van der Waals surface area (Å²) >= 11 is 0. The van der Waals surface area contributed by atoms with Crippen LogP contribution in [-0.4, -0.2) is 18.6 Å². The number of anilines is 1. The summed E-state index contributed by atoms with van der Waals surface area (Å²) in [5.74, 6) is 0. The summed E-state index contributed by atoms with van der Waals surface area (Å²) in [5.41, 5.74) is 9.32. The highest BCUT2D eigenvalue weighted by molar-refractivity contribution is 5.57. The van der Waals surface area contributed by atoms with E-state index in [1.165, 1.54) is 49.8 Å². The molecule has 1 aliphatic rings. The number of fused-ring (bicyclic) bond motifs is 1. The van der Waals surface area contributed by atoms with E-state index in [1.807, 2.05) is 0 Å². The number of benzene rings is 1. The average Bonchev–Trinajstić information content (AvgIpc) is 2.46. The van der Waals surface area contributed by atoms with Crippen LogP contribution in [0, 0.1) is 0 Å². The third-order valence-corrected chi connectivity index (χ3v) is 4.49. The van der Waals surface area contributed by atoms with Crippen LogP contribution in [0.5, 0.6) is 0 Å². The highest BCUT2D eigenvalue weighted by Crippen LogP contribution is 2.36. The minimum Gasteiger partial charge on any atom is -0.364 e. The lowest BCUT2D eigenvalue weighted by molar-refractivity contribution is 0.328. The molecule has 1 aliphatic heterocycles. The first-order valence-corrected chi connectivity index (χ1v) is 7.83. The van der Waals surface area contributed by atoms with Crippen molar-refractivity contribution in [1.82, 2.24) is 0 Å². The standard InChI is InChI=1S/C17H28N2/c1-3-11-17(14-18,12-4-2)19-13-7-9-15-8-5-6-10-16(15)19/h5-6,8,10H,3-4,7,9,11-14,18H2,1-2H3. The quantitative estimate of drug-likeness (QED) is 0.844. The van der Waals surface area contributed by atoms with E-state index in [2.05, 4.69) is 43.0 Å². The fraction of sp³-hybridized carbons (Fsp3) is 0.647. The second-order valence-electron chi connectivity index (χ2n) is 5.81. The van der Waals surface area contributed by atoms with Crippen molar-refractivity contribution in [2.75, 3.05) is 18.0 Å². The molecule has 0 bridgehead atoms. The number of para-hydroxylation sites is 1. The molecule has 2 heteroatoms. The van der Waals surface area contributed by atoms with E-state index >= 15 is 0 Å². The Hall–Kier alpha value is -1.02. The SMILES string of the molecule is CCCC(CN)(CCC)N1CCCc2ccccc21. The molecule has 19 heavy (non-hydrogen) atoms. The largest absolute Gasteiger partial charge is 0.364 e. The molecule has 0 fully saturated rings. The first kappa shape index (κ1) is 14.4. The Labute approximate surface area is 118 Å². The number of aryl methyl sites for hydroxylation is 1. The second-order valence-corrected chi connectivity index (χ2v) is 5.81. The van der Waals surface area contributed by atoms with Gasteiger partial charge in [-0.05, 0) is 37.3 Å². The molecule has 2 nitrogen and oxygen atoms in total. The van der Waals surface area contributed by atoms with Crippen molar-refractivity contribution in [3.05, 3.63) is 29.8 Å². The van der Waals surface area contributed by atoms with Crippen LogP contribution >= 0.6 is 0 Å². The number of nitrogens with two attached hydrogens (primary N) is 1. The van der Waals surface area contributed by atoms with Gasteiger partial charge in [0.15, 0.2) is 0 Å². The Balaban J connectivity index is 2.37. The van der Waals surface area contributed by atoms with Gasteiger partial charge in [0.1, 0.15) is 0 Å². The highest BCUT2D eigenvalue weighted by Gasteiger charge is 2.36. The molecule has 106 valence electrons. The van der Waals surface area contributed by atoms with Gasteiger partial charge >= 0.3 is 0 Å². The van der Waals surface area contributed by atoms with Gasteiger partial charge in [0.25, 0.3) is 0 Å². The fourth-order valence-electron chi connectivity index (χ4n) is 3.67. The summed E-state index contributed by atoms with van der Waals surface area (Å²) in [6.45, 7) is 6.48. The minimum atomic E-state index is 0.167. The molecular formula is C17H28N2. The number of hydrogen-bond acceptors (Lipinski definition) is 2. The van der Waals surface area contributed by atoms with Crippen LogP contribution in [-0.2, 0) is 6.42 Å². The zero-order valence-corrected chi connectivity index (χ0v) is 12.5. The van der Waals surface area contributed by atoms with Crippen molar-refractivity contribution in [1.29, 1.82) is 0 Å². The molecule has 1 heterocycles. The van der Waals surface area contributed by atoms with Crippen LogP contribution in [0.3, 0.4) is 0 Å². The molecule has 1 aromatic carbocycles. The van der Waals surface area contributed by atoms with E-state index < -0.39 is 0 Å². The third kappa shape index (κ3) is 2.79. The van der Waals surface area contributed by atoms with Crippen LogP contribution in [0.15, 0.2) is 24.3 Å². The van der Waals surface area contributed by atoms with Crippen molar-refractivity contribution in [3.63, 3.8) is 0 Å². The van der Waals surface area contributed by atoms with Gasteiger partial charge in [-0.15, -0.1) is 0 Å². The lowest BCUT2D eigenvalue weighted by Gasteiger charge is -2.48. The van der Waals surface area contributed by atoms with Crippen LogP contribution < -0.4 is 10.6 Å². The summed E-state index contributed by atoms with van der Waals surface area (Å²) in [5, 5.41) is 0. The van der Waals surface area contributed by atoms with Crippen molar-refractivity contribution < 1.29 is 0 Å². The van der Waals surface area contributed by atoms with E-state index in [1.54, 1.807) is 0 Å². The maximum atomic E-state index is 6.23. The smallest absolute Gasteiger partial charge is 0.0524 e. The van der Waals surface area contributed by atoms with Crippen molar-refractivity contribution in [2.24, 2.45) is 5.73 Å². The van der Waals surface area contributed by atoms with E-state index in [0.717, 1.165) is 13.1 Å². The molecule has 2 rings (SSSR count). The van der Waals surface area contributed by atoms with Crippen LogP contribution in [0.25, 0.3) is 0 Å². The maximum absolute atomic E-state index is 6.23. The Morgan fingerprint density at radius 1 is 1.16 bits per heavy atom. The molecule has 1 aromatic rings. The van der Waals surface area contributed by atoms with Crippen LogP contribution in [0.2, 0.25) is 0 Å². The molecule has 0 atom stereocenters. The summed E-state index contributed by atoms with van der Waals surface area (Å²) in [4.78, 5) is 2.62. The Bertz CT molecular complexity index is 394. The minimum absolute atomic E-state index is 0.167. The topological polar surface area (TPSA) is 29.3 Å². The van der Waals surface area contributed by atoms with E-state index in [4.69, 9.17) is 5.73 Å². The molecule has 0 amide bonds. The van der Waals surface area contributed by atoms with E-state index in [0.29, 0.717) is 0 Å². The third-order valence-electron chi connectivity index (χ3n) is 4.49. The van der Waals surface area contributed by atoms with Gasteiger partial charge < -0.3 is 10.6 Å². The Morgan fingerprint density at radius 2 is 1.84 bits per heavy atom. The summed E-state index contributed by atoms with van der Waals surface area (Å²) in [7, 11) is 0. The summed E-state index contributed by atoms with van der Waals surface area (Å²) in [6, 6.07) is 8.88. The summed E-state index contributed by atoms with van der Waals surface area (Å²) < 4.78 is 0. The maximum Gasteiger partial charge on any atom is 0.0524 e. The van der Waals surface area contributed by atoms with Crippen molar-refractivity contribution in [3.8, 4) is 0 Å². The van der Waals surface area contributed by atoms with Crippen LogP contribution in [0.4, 0.5) is 5.69 Å². The highest BCUT2D eigenvalue weighted by atomic mass is 15.2. The van der Waals surface area contributed by atoms with Gasteiger partial charge in [0.2, 0.25) is 0 Å². The molecule has 0 aliphatic carbocycles. The molecule has 0 spiro atoms. The number of hydrogen-bond donors (Lipinski definition) is 1. The molecule has 2 N–H and O–H groups in total. The average molecular weight is 260 g/mol. The van der Waals surface area contributed by atoms with Gasteiger partial charge in [0.05, 0.1) is 5.54 Å². The predicted molar refractivity (Wildman–Crippen MR) is 83.7 cm³/mol. The van der Waals surface area contributed by atoms with Gasteiger partial charge in [0, 0.05) is 18.8 Å². The predicted octanol–water partition coefficient (Wildman–Crippen LogP) is 3.74. The van der Waals surface area contributed by atoms with Gasteiger partial charge in [-0.25, -0.2) is 0 Å². The molecule has 0 saturated carbocycles.